The highest BCUT2D eigenvalue weighted by atomic mass is 16.5. The molecule has 0 bridgehead atoms. The van der Waals surface area contributed by atoms with Crippen LogP contribution >= 0.6 is 0 Å². The summed E-state index contributed by atoms with van der Waals surface area (Å²) in [6.07, 6.45) is 1.36. The standard InChI is InChI=1S/C9H15NO4/c1-6(9(12)13)10-8(11)7-2-4-14-5-3-7/h6-7H,2-5H2,1H3,(H,10,11)(H,12,13)/t6-/m1/s1. The molecular weight excluding hydrogens is 186 g/mol. The minimum Gasteiger partial charge on any atom is -0.480 e. The molecule has 14 heavy (non-hydrogen) atoms. The highest BCUT2D eigenvalue weighted by molar-refractivity contribution is 5.84. The van der Waals surface area contributed by atoms with Crippen LogP contribution in [0, 0.1) is 5.92 Å². The van der Waals surface area contributed by atoms with Crippen LogP contribution in [0.2, 0.25) is 0 Å². The van der Waals surface area contributed by atoms with Gasteiger partial charge in [-0.15, -0.1) is 0 Å². The molecule has 5 nitrogen and oxygen atoms in total. The van der Waals surface area contributed by atoms with Crippen molar-refractivity contribution in [2.24, 2.45) is 5.92 Å². The van der Waals surface area contributed by atoms with E-state index in [1.165, 1.54) is 6.92 Å². The number of carbonyl (C=O) groups is 2. The lowest BCUT2D eigenvalue weighted by Crippen LogP contribution is -2.43. The Morgan fingerprint density at radius 3 is 2.50 bits per heavy atom. The second-order valence-corrected chi connectivity index (χ2v) is 3.46. The molecule has 0 aromatic heterocycles. The summed E-state index contributed by atoms with van der Waals surface area (Å²) >= 11 is 0. The fourth-order valence-corrected chi connectivity index (χ4v) is 1.35. The molecule has 1 aliphatic heterocycles. The van der Waals surface area contributed by atoms with Crippen molar-refractivity contribution in [3.63, 3.8) is 0 Å². The lowest BCUT2D eigenvalue weighted by molar-refractivity contribution is -0.142. The second kappa shape index (κ2) is 4.95. The van der Waals surface area contributed by atoms with Gasteiger partial charge in [0.25, 0.3) is 0 Å². The SMILES string of the molecule is C[C@@H](NC(=O)C1CCOCC1)C(=O)O. The van der Waals surface area contributed by atoms with Crippen molar-refractivity contribution in [3.05, 3.63) is 0 Å². The molecule has 0 saturated carbocycles. The summed E-state index contributed by atoms with van der Waals surface area (Å²) in [5, 5.41) is 11.0. The maximum absolute atomic E-state index is 11.5. The van der Waals surface area contributed by atoms with Gasteiger partial charge in [-0.05, 0) is 19.8 Å². The Labute approximate surface area is 82.4 Å². The fraction of sp³-hybridized carbons (Fsp3) is 0.778. The third-order valence-corrected chi connectivity index (χ3v) is 2.32. The molecule has 80 valence electrons. The predicted octanol–water partition coefficient (Wildman–Crippen LogP) is 0.00230. The fourth-order valence-electron chi connectivity index (χ4n) is 1.35. The van der Waals surface area contributed by atoms with Crippen LogP contribution in [-0.2, 0) is 14.3 Å². The number of hydrogen-bond acceptors (Lipinski definition) is 3. The highest BCUT2D eigenvalue weighted by Gasteiger charge is 2.24. The van der Waals surface area contributed by atoms with E-state index in [2.05, 4.69) is 5.32 Å². The summed E-state index contributed by atoms with van der Waals surface area (Å²) in [6, 6.07) is -0.814. The Morgan fingerprint density at radius 1 is 1.43 bits per heavy atom. The van der Waals surface area contributed by atoms with Crippen molar-refractivity contribution in [3.8, 4) is 0 Å². The monoisotopic (exact) mass is 201 g/mol. The Hall–Kier alpha value is -1.10. The van der Waals surface area contributed by atoms with Crippen LogP contribution < -0.4 is 5.32 Å². The number of aliphatic carboxylic acids is 1. The summed E-state index contributed by atoms with van der Waals surface area (Å²) in [5.41, 5.74) is 0. The molecule has 0 aromatic carbocycles. The van der Waals surface area contributed by atoms with E-state index in [1.54, 1.807) is 0 Å². The second-order valence-electron chi connectivity index (χ2n) is 3.46. The summed E-state index contributed by atoms with van der Waals surface area (Å²) in [6.45, 7) is 2.62. The molecule has 1 heterocycles. The van der Waals surface area contributed by atoms with Crippen molar-refractivity contribution in [2.75, 3.05) is 13.2 Å². The smallest absolute Gasteiger partial charge is 0.325 e. The van der Waals surface area contributed by atoms with Gasteiger partial charge in [0.1, 0.15) is 6.04 Å². The molecule has 1 amide bonds. The van der Waals surface area contributed by atoms with Gasteiger partial charge in [-0.25, -0.2) is 0 Å². The van der Waals surface area contributed by atoms with Gasteiger partial charge in [0.05, 0.1) is 0 Å². The Bertz CT molecular complexity index is 223. The first-order chi connectivity index (χ1) is 6.61. The van der Waals surface area contributed by atoms with E-state index < -0.39 is 12.0 Å². The van der Waals surface area contributed by atoms with Gasteiger partial charge in [-0.3, -0.25) is 9.59 Å². The average molecular weight is 201 g/mol. The zero-order valence-electron chi connectivity index (χ0n) is 8.16. The molecule has 2 N–H and O–H groups in total. The van der Waals surface area contributed by atoms with Gasteiger partial charge in [0.15, 0.2) is 0 Å². The van der Waals surface area contributed by atoms with Crippen LogP contribution in [0.25, 0.3) is 0 Å². The Kier molecular flexibility index (Phi) is 3.88. The van der Waals surface area contributed by atoms with E-state index in [4.69, 9.17) is 9.84 Å². The van der Waals surface area contributed by atoms with Crippen LogP contribution in [0.1, 0.15) is 19.8 Å². The minimum atomic E-state index is -1.01. The molecular formula is C9H15NO4. The first-order valence-electron chi connectivity index (χ1n) is 4.72. The van der Waals surface area contributed by atoms with Crippen molar-refractivity contribution < 1.29 is 19.4 Å². The molecule has 0 spiro atoms. The first kappa shape index (κ1) is 11.0. The van der Waals surface area contributed by atoms with Gasteiger partial charge in [0, 0.05) is 19.1 Å². The Balaban J connectivity index is 2.36. The number of carboxylic acid groups (broad SMARTS) is 1. The number of ether oxygens (including phenoxy) is 1. The highest BCUT2D eigenvalue weighted by Crippen LogP contribution is 2.14. The lowest BCUT2D eigenvalue weighted by Gasteiger charge is -2.22. The largest absolute Gasteiger partial charge is 0.480 e. The molecule has 0 radical (unpaired) electrons. The van der Waals surface area contributed by atoms with Crippen molar-refractivity contribution in [2.45, 2.75) is 25.8 Å². The molecule has 0 unspecified atom stereocenters. The van der Waals surface area contributed by atoms with E-state index in [9.17, 15) is 9.59 Å². The van der Waals surface area contributed by atoms with Crippen LogP contribution in [-0.4, -0.2) is 36.2 Å². The number of hydrogen-bond donors (Lipinski definition) is 2. The quantitative estimate of drug-likeness (QED) is 0.674. The summed E-state index contributed by atoms with van der Waals surface area (Å²) in [7, 11) is 0. The van der Waals surface area contributed by atoms with Gasteiger partial charge in [0.2, 0.25) is 5.91 Å². The first-order valence-corrected chi connectivity index (χ1v) is 4.72. The number of nitrogens with one attached hydrogen (secondary N) is 1. The molecule has 1 atom stereocenters. The van der Waals surface area contributed by atoms with E-state index in [0.29, 0.717) is 26.1 Å². The van der Waals surface area contributed by atoms with Gasteiger partial charge in [-0.1, -0.05) is 0 Å². The van der Waals surface area contributed by atoms with Crippen LogP contribution in [0.4, 0.5) is 0 Å². The summed E-state index contributed by atoms with van der Waals surface area (Å²) in [5.74, 6) is -1.28. The number of carboxylic acids is 1. The number of rotatable bonds is 3. The van der Waals surface area contributed by atoms with E-state index in [1.807, 2.05) is 0 Å². The molecule has 1 saturated heterocycles. The zero-order valence-corrected chi connectivity index (χ0v) is 8.16. The zero-order chi connectivity index (χ0) is 10.6. The van der Waals surface area contributed by atoms with Gasteiger partial charge >= 0.3 is 5.97 Å². The molecule has 5 heteroatoms. The van der Waals surface area contributed by atoms with Crippen LogP contribution in [0.5, 0.6) is 0 Å². The average Bonchev–Trinajstić information content (AvgIpc) is 2.19. The van der Waals surface area contributed by atoms with E-state index in [-0.39, 0.29) is 11.8 Å². The predicted molar refractivity (Wildman–Crippen MR) is 48.8 cm³/mol. The number of carbonyl (C=O) groups excluding carboxylic acids is 1. The van der Waals surface area contributed by atoms with Crippen molar-refractivity contribution in [1.29, 1.82) is 0 Å². The molecule has 1 fully saturated rings. The third-order valence-electron chi connectivity index (χ3n) is 2.32. The lowest BCUT2D eigenvalue weighted by atomic mass is 9.99. The molecule has 0 aromatic rings. The maximum Gasteiger partial charge on any atom is 0.325 e. The molecule has 0 aliphatic carbocycles. The van der Waals surface area contributed by atoms with Crippen molar-refractivity contribution in [1.82, 2.24) is 5.32 Å². The maximum atomic E-state index is 11.5. The van der Waals surface area contributed by atoms with Gasteiger partial charge < -0.3 is 15.2 Å². The van der Waals surface area contributed by atoms with Crippen molar-refractivity contribution >= 4 is 11.9 Å². The molecule has 1 rings (SSSR count). The van der Waals surface area contributed by atoms with Crippen LogP contribution in [0.3, 0.4) is 0 Å². The topological polar surface area (TPSA) is 75.6 Å². The summed E-state index contributed by atoms with van der Waals surface area (Å²) < 4.78 is 5.11. The normalized spacial score (nSPS) is 20.1. The Morgan fingerprint density at radius 2 is 2.00 bits per heavy atom. The molecule has 1 aliphatic rings. The van der Waals surface area contributed by atoms with Crippen LogP contribution in [0.15, 0.2) is 0 Å². The van der Waals surface area contributed by atoms with E-state index >= 15 is 0 Å². The summed E-state index contributed by atoms with van der Waals surface area (Å²) in [4.78, 5) is 22.0. The van der Waals surface area contributed by atoms with Gasteiger partial charge in [-0.2, -0.15) is 0 Å². The third kappa shape index (κ3) is 2.99. The van der Waals surface area contributed by atoms with E-state index in [0.717, 1.165) is 0 Å². The number of amides is 1. The minimum absolute atomic E-state index is 0.0921.